The molecule has 8 heteroatoms. The summed E-state index contributed by atoms with van der Waals surface area (Å²) in [6.45, 7) is 8.95. The number of hydrogen-bond donors (Lipinski definition) is 2. The predicted octanol–water partition coefficient (Wildman–Crippen LogP) is 5.98. The zero-order chi connectivity index (χ0) is 27.7. The van der Waals surface area contributed by atoms with Crippen LogP contribution in [-0.4, -0.2) is 45.7 Å². The topological polar surface area (TPSA) is 99.1 Å². The summed E-state index contributed by atoms with van der Waals surface area (Å²) < 4.78 is 0.903. The quantitative estimate of drug-likeness (QED) is 0.420. The minimum Gasteiger partial charge on any atom is -0.481 e. The van der Waals surface area contributed by atoms with Gasteiger partial charge in [0.05, 0.1) is 12.5 Å². The molecular weight excluding hydrogens is 546 g/mol. The fourth-order valence-electron chi connectivity index (χ4n) is 5.72. The molecule has 1 spiro atoms. The zero-order valence-electron chi connectivity index (χ0n) is 22.5. The Balaban J connectivity index is 1.61. The summed E-state index contributed by atoms with van der Waals surface area (Å²) >= 11 is 3.53. The molecular formula is C30H36BrN3O4. The standard InChI is InChI=1S/C30H36BrN3O4/c1-19(20-8-10-21(11-9-20)27(37)32-17-14-25(35)36)34-28(38)26(22-6-5-7-24(31)18-22)33-30(34)15-12-23(13-16-30)29(2,3)4/h5-11,18-19,23H,12-17H2,1-4H3,(H,32,37)(H,35,36)/t19-,23?,30?/m1/s1. The minimum absolute atomic E-state index is 0.0692. The second-order valence-electron chi connectivity index (χ2n) is 11.5. The molecule has 0 unspecified atom stereocenters. The smallest absolute Gasteiger partial charge is 0.305 e. The lowest BCUT2D eigenvalue weighted by molar-refractivity contribution is -0.137. The summed E-state index contributed by atoms with van der Waals surface area (Å²) in [6.07, 6.45) is 3.50. The highest BCUT2D eigenvalue weighted by Gasteiger charge is 2.51. The third-order valence-corrected chi connectivity index (χ3v) is 8.46. The normalized spacial score (nSPS) is 22.3. The van der Waals surface area contributed by atoms with E-state index in [0.717, 1.165) is 41.3 Å². The number of hydrogen-bond acceptors (Lipinski definition) is 4. The van der Waals surface area contributed by atoms with Gasteiger partial charge in [0.1, 0.15) is 11.4 Å². The molecule has 2 aliphatic rings. The number of aliphatic imine (C=N–C) groups is 1. The van der Waals surface area contributed by atoms with E-state index >= 15 is 0 Å². The van der Waals surface area contributed by atoms with Crippen molar-refractivity contribution in [3.05, 3.63) is 69.7 Å². The number of benzene rings is 2. The van der Waals surface area contributed by atoms with E-state index in [1.165, 1.54) is 0 Å². The van der Waals surface area contributed by atoms with Gasteiger partial charge in [0.2, 0.25) is 0 Å². The third-order valence-electron chi connectivity index (χ3n) is 7.97. The molecule has 1 saturated carbocycles. The van der Waals surface area contributed by atoms with Crippen molar-refractivity contribution < 1.29 is 19.5 Å². The largest absolute Gasteiger partial charge is 0.481 e. The van der Waals surface area contributed by atoms with Crippen molar-refractivity contribution in [3.63, 3.8) is 0 Å². The van der Waals surface area contributed by atoms with E-state index < -0.39 is 11.6 Å². The molecule has 38 heavy (non-hydrogen) atoms. The van der Waals surface area contributed by atoms with E-state index in [2.05, 4.69) is 42.0 Å². The van der Waals surface area contributed by atoms with Gasteiger partial charge in [0, 0.05) is 22.1 Å². The summed E-state index contributed by atoms with van der Waals surface area (Å²) in [7, 11) is 0. The number of nitrogens with one attached hydrogen (secondary N) is 1. The number of amides is 2. The van der Waals surface area contributed by atoms with Crippen LogP contribution in [0.3, 0.4) is 0 Å². The highest BCUT2D eigenvalue weighted by atomic mass is 79.9. The summed E-state index contributed by atoms with van der Waals surface area (Å²) in [4.78, 5) is 44.3. The summed E-state index contributed by atoms with van der Waals surface area (Å²) in [5.74, 6) is -0.774. The van der Waals surface area contributed by atoms with Gasteiger partial charge in [0.15, 0.2) is 0 Å². The number of aliphatic carboxylic acids is 1. The molecule has 7 nitrogen and oxygen atoms in total. The molecule has 2 aromatic rings. The van der Waals surface area contributed by atoms with Gasteiger partial charge in [-0.15, -0.1) is 0 Å². The summed E-state index contributed by atoms with van der Waals surface area (Å²) in [5.41, 5.74) is 2.29. The Morgan fingerprint density at radius 2 is 1.82 bits per heavy atom. The molecule has 4 rings (SSSR count). The van der Waals surface area contributed by atoms with Crippen LogP contribution in [0.2, 0.25) is 0 Å². The number of carboxylic acid groups (broad SMARTS) is 1. The Morgan fingerprint density at radius 3 is 2.39 bits per heavy atom. The Bertz CT molecular complexity index is 1240. The molecule has 0 bridgehead atoms. The number of halogens is 1. The number of nitrogens with zero attached hydrogens (tertiary/aromatic N) is 2. The fraction of sp³-hybridized carbons (Fsp3) is 0.467. The number of rotatable bonds is 7. The van der Waals surface area contributed by atoms with Crippen molar-refractivity contribution in [1.82, 2.24) is 10.2 Å². The first-order valence-electron chi connectivity index (χ1n) is 13.2. The van der Waals surface area contributed by atoms with E-state index in [4.69, 9.17) is 10.1 Å². The van der Waals surface area contributed by atoms with Gasteiger partial charge in [0.25, 0.3) is 11.8 Å². The molecule has 0 saturated heterocycles. The first-order valence-corrected chi connectivity index (χ1v) is 14.0. The van der Waals surface area contributed by atoms with Crippen LogP contribution in [0.5, 0.6) is 0 Å². The van der Waals surface area contributed by atoms with Gasteiger partial charge in [-0.25, -0.2) is 0 Å². The highest BCUT2D eigenvalue weighted by Crippen LogP contribution is 2.49. The van der Waals surface area contributed by atoms with Gasteiger partial charge in [-0.3, -0.25) is 19.4 Å². The van der Waals surface area contributed by atoms with Gasteiger partial charge in [-0.05, 0) is 73.8 Å². The molecule has 2 N–H and O–H groups in total. The maximum Gasteiger partial charge on any atom is 0.305 e. The van der Waals surface area contributed by atoms with Gasteiger partial charge >= 0.3 is 5.97 Å². The van der Waals surface area contributed by atoms with Crippen molar-refractivity contribution in [1.29, 1.82) is 0 Å². The van der Waals surface area contributed by atoms with Crippen LogP contribution in [0.1, 0.15) is 87.3 Å². The van der Waals surface area contributed by atoms with Gasteiger partial charge < -0.3 is 15.3 Å². The van der Waals surface area contributed by atoms with Crippen molar-refractivity contribution in [2.24, 2.45) is 16.3 Å². The zero-order valence-corrected chi connectivity index (χ0v) is 24.0. The predicted molar refractivity (Wildman–Crippen MR) is 151 cm³/mol. The third kappa shape index (κ3) is 5.85. The lowest BCUT2D eigenvalue weighted by Gasteiger charge is -2.46. The van der Waals surface area contributed by atoms with Crippen molar-refractivity contribution in [3.8, 4) is 0 Å². The molecule has 0 aromatic heterocycles. The number of carbonyl (C=O) groups is 3. The monoisotopic (exact) mass is 581 g/mol. The lowest BCUT2D eigenvalue weighted by Crippen LogP contribution is -2.50. The first-order chi connectivity index (χ1) is 17.9. The van der Waals surface area contributed by atoms with E-state index in [1.54, 1.807) is 12.1 Å². The maximum absolute atomic E-state index is 14.0. The van der Waals surface area contributed by atoms with Crippen LogP contribution in [0, 0.1) is 11.3 Å². The molecule has 1 atom stereocenters. The Kier molecular flexibility index (Phi) is 8.12. The molecule has 202 valence electrons. The Labute approximate surface area is 232 Å². The first kappa shape index (κ1) is 28.0. The van der Waals surface area contributed by atoms with Crippen LogP contribution < -0.4 is 5.32 Å². The minimum atomic E-state index is -0.959. The van der Waals surface area contributed by atoms with Crippen LogP contribution in [0.25, 0.3) is 0 Å². The maximum atomic E-state index is 14.0. The second-order valence-corrected chi connectivity index (χ2v) is 12.4. The SMILES string of the molecule is C[C@H](c1ccc(C(=O)NCCC(=O)O)cc1)N1C(=O)C(c2cccc(Br)c2)=NC12CCC(C(C)(C)C)CC2. The Hall–Kier alpha value is -3.00. The number of carboxylic acids is 1. The summed E-state index contributed by atoms with van der Waals surface area (Å²) in [6, 6.07) is 14.7. The molecule has 1 aliphatic heterocycles. The number of carbonyl (C=O) groups excluding carboxylic acids is 2. The van der Waals surface area contributed by atoms with Crippen molar-refractivity contribution >= 4 is 39.4 Å². The highest BCUT2D eigenvalue weighted by molar-refractivity contribution is 9.10. The van der Waals surface area contributed by atoms with Crippen molar-refractivity contribution in [2.75, 3.05) is 6.54 Å². The van der Waals surface area contributed by atoms with Crippen molar-refractivity contribution in [2.45, 2.75) is 71.5 Å². The van der Waals surface area contributed by atoms with Gasteiger partial charge in [-0.1, -0.05) is 61.0 Å². The van der Waals surface area contributed by atoms with Crippen LogP contribution in [-0.2, 0) is 9.59 Å². The van der Waals surface area contributed by atoms with Crippen LogP contribution in [0.15, 0.2) is 58.0 Å². The average molecular weight is 583 g/mol. The van der Waals surface area contributed by atoms with E-state index in [1.807, 2.05) is 48.2 Å². The molecule has 1 aliphatic carbocycles. The summed E-state index contributed by atoms with van der Waals surface area (Å²) in [5, 5.41) is 11.4. The van der Waals surface area contributed by atoms with Gasteiger partial charge in [-0.2, -0.15) is 0 Å². The fourth-order valence-corrected chi connectivity index (χ4v) is 6.12. The van der Waals surface area contributed by atoms with E-state index in [-0.39, 0.29) is 36.2 Å². The lowest BCUT2D eigenvalue weighted by atomic mass is 9.69. The molecule has 2 amide bonds. The van der Waals surface area contributed by atoms with E-state index in [0.29, 0.717) is 17.2 Å². The average Bonchev–Trinajstić information content (AvgIpc) is 3.14. The second kappa shape index (κ2) is 11.0. The molecule has 1 heterocycles. The Morgan fingerprint density at radius 1 is 1.16 bits per heavy atom. The van der Waals surface area contributed by atoms with Crippen LogP contribution >= 0.6 is 15.9 Å². The van der Waals surface area contributed by atoms with E-state index in [9.17, 15) is 14.4 Å². The van der Waals surface area contributed by atoms with Crippen LogP contribution in [0.4, 0.5) is 0 Å². The molecule has 0 radical (unpaired) electrons. The molecule has 2 aromatic carbocycles. The molecule has 1 fully saturated rings.